The third-order valence-corrected chi connectivity index (χ3v) is 3.54. The van der Waals surface area contributed by atoms with Crippen LogP contribution in [0.3, 0.4) is 0 Å². The van der Waals surface area contributed by atoms with Crippen LogP contribution in [0.25, 0.3) is 0 Å². The van der Waals surface area contributed by atoms with Gasteiger partial charge in [-0.15, -0.1) is 0 Å². The summed E-state index contributed by atoms with van der Waals surface area (Å²) >= 11 is 0. The molecule has 0 bridgehead atoms. The fraction of sp³-hybridized carbons (Fsp3) is 0.917. The lowest BCUT2D eigenvalue weighted by atomic mass is 10.2. The van der Waals surface area contributed by atoms with E-state index in [1.165, 1.54) is 0 Å². The van der Waals surface area contributed by atoms with Crippen molar-refractivity contribution in [2.75, 3.05) is 47.3 Å². The van der Waals surface area contributed by atoms with Crippen LogP contribution in [0.2, 0.25) is 0 Å². The van der Waals surface area contributed by atoms with E-state index < -0.39 is 0 Å². The first-order chi connectivity index (χ1) is 7.97. The van der Waals surface area contributed by atoms with Gasteiger partial charge in [0.1, 0.15) is 6.04 Å². The highest BCUT2D eigenvalue weighted by molar-refractivity contribution is 5.82. The van der Waals surface area contributed by atoms with E-state index in [0.29, 0.717) is 12.6 Å². The van der Waals surface area contributed by atoms with E-state index in [-0.39, 0.29) is 11.9 Å². The van der Waals surface area contributed by atoms with Crippen LogP contribution in [-0.2, 0) is 4.79 Å². The number of carbonyl (C=O) groups excluding carboxylic acids is 1. The van der Waals surface area contributed by atoms with Gasteiger partial charge in [-0.1, -0.05) is 0 Å². The Balaban J connectivity index is 2.73. The SMILES string of the molecule is CC1CCN(C)C(CN)C(=O)N1CCN(C)C. The van der Waals surface area contributed by atoms with E-state index >= 15 is 0 Å². The predicted molar refractivity (Wildman–Crippen MR) is 69.8 cm³/mol. The molecule has 0 radical (unpaired) electrons. The summed E-state index contributed by atoms with van der Waals surface area (Å²) in [6, 6.07) is 0.156. The minimum absolute atomic E-state index is 0.151. The van der Waals surface area contributed by atoms with E-state index in [4.69, 9.17) is 5.73 Å². The molecule has 5 heteroatoms. The third kappa shape index (κ3) is 3.66. The van der Waals surface area contributed by atoms with Gasteiger partial charge in [0, 0.05) is 32.2 Å². The van der Waals surface area contributed by atoms with Crippen molar-refractivity contribution in [3.8, 4) is 0 Å². The number of amides is 1. The summed E-state index contributed by atoms with van der Waals surface area (Å²) in [6.45, 7) is 5.16. The Labute approximate surface area is 105 Å². The Bertz CT molecular complexity index is 257. The standard InChI is InChI=1S/C12H26N4O/c1-10-5-6-15(4)11(9-13)12(17)16(10)8-7-14(2)3/h10-11H,5-9,13H2,1-4H3. The van der Waals surface area contributed by atoms with E-state index in [0.717, 1.165) is 26.1 Å². The molecule has 1 saturated heterocycles. The lowest BCUT2D eigenvalue weighted by Gasteiger charge is -2.31. The van der Waals surface area contributed by atoms with Gasteiger partial charge >= 0.3 is 0 Å². The second-order valence-electron chi connectivity index (χ2n) is 5.20. The molecule has 5 nitrogen and oxygen atoms in total. The fourth-order valence-corrected chi connectivity index (χ4v) is 2.22. The van der Waals surface area contributed by atoms with Crippen LogP contribution in [0.4, 0.5) is 0 Å². The zero-order chi connectivity index (χ0) is 13.0. The van der Waals surface area contributed by atoms with Crippen molar-refractivity contribution in [2.24, 2.45) is 5.73 Å². The molecule has 1 fully saturated rings. The van der Waals surface area contributed by atoms with Gasteiger partial charge in [0.25, 0.3) is 0 Å². The second kappa shape index (κ2) is 6.33. The van der Waals surface area contributed by atoms with Crippen LogP contribution in [0, 0.1) is 0 Å². The quantitative estimate of drug-likeness (QED) is 0.717. The minimum Gasteiger partial charge on any atom is -0.337 e. The summed E-state index contributed by atoms with van der Waals surface area (Å²) in [6.07, 6.45) is 1.02. The summed E-state index contributed by atoms with van der Waals surface area (Å²) in [5.74, 6) is 0.182. The Kier molecular flexibility index (Phi) is 5.36. The van der Waals surface area contributed by atoms with Crippen molar-refractivity contribution in [3.05, 3.63) is 0 Å². The zero-order valence-corrected chi connectivity index (χ0v) is 11.5. The van der Waals surface area contributed by atoms with Crippen LogP contribution < -0.4 is 5.73 Å². The van der Waals surface area contributed by atoms with Crippen LogP contribution in [0.5, 0.6) is 0 Å². The average Bonchev–Trinajstić information content (AvgIpc) is 2.35. The van der Waals surface area contributed by atoms with E-state index in [9.17, 15) is 4.79 Å². The summed E-state index contributed by atoms with van der Waals surface area (Å²) < 4.78 is 0. The maximum Gasteiger partial charge on any atom is 0.241 e. The summed E-state index contributed by atoms with van der Waals surface area (Å²) in [4.78, 5) is 18.6. The molecule has 0 aliphatic carbocycles. The predicted octanol–water partition coefficient (Wildman–Crippen LogP) is -0.572. The molecule has 2 N–H and O–H groups in total. The lowest BCUT2D eigenvalue weighted by molar-refractivity contribution is -0.136. The van der Waals surface area contributed by atoms with Gasteiger partial charge in [-0.05, 0) is 34.5 Å². The lowest BCUT2D eigenvalue weighted by Crippen LogP contribution is -2.51. The highest BCUT2D eigenvalue weighted by Crippen LogP contribution is 2.14. The van der Waals surface area contributed by atoms with E-state index in [1.807, 2.05) is 26.0 Å². The number of rotatable bonds is 4. The van der Waals surface area contributed by atoms with Crippen molar-refractivity contribution in [1.29, 1.82) is 0 Å². The molecule has 100 valence electrons. The Morgan fingerprint density at radius 2 is 2.12 bits per heavy atom. The number of nitrogens with two attached hydrogens (primary N) is 1. The molecule has 0 aromatic heterocycles. The third-order valence-electron chi connectivity index (χ3n) is 3.54. The normalized spacial score (nSPS) is 27.6. The Morgan fingerprint density at radius 3 is 2.65 bits per heavy atom. The smallest absolute Gasteiger partial charge is 0.241 e. The first kappa shape index (κ1) is 14.4. The monoisotopic (exact) mass is 242 g/mol. The number of hydrogen-bond donors (Lipinski definition) is 1. The molecule has 2 atom stereocenters. The van der Waals surface area contributed by atoms with Gasteiger partial charge in [-0.3, -0.25) is 9.69 Å². The number of hydrogen-bond acceptors (Lipinski definition) is 4. The number of likely N-dealkylation sites (N-methyl/N-ethyl adjacent to an activating group) is 2. The Morgan fingerprint density at radius 1 is 1.47 bits per heavy atom. The molecule has 0 spiro atoms. The van der Waals surface area contributed by atoms with Crippen LogP contribution in [0.1, 0.15) is 13.3 Å². The maximum absolute atomic E-state index is 12.4. The van der Waals surface area contributed by atoms with Gasteiger partial charge in [0.15, 0.2) is 0 Å². The molecule has 1 aliphatic rings. The second-order valence-corrected chi connectivity index (χ2v) is 5.20. The van der Waals surface area contributed by atoms with Crippen molar-refractivity contribution in [2.45, 2.75) is 25.4 Å². The molecule has 2 unspecified atom stereocenters. The molecular formula is C12H26N4O. The molecule has 0 aromatic carbocycles. The Hall–Kier alpha value is -0.650. The van der Waals surface area contributed by atoms with Gasteiger partial charge in [-0.2, -0.15) is 0 Å². The van der Waals surface area contributed by atoms with Crippen molar-refractivity contribution in [3.63, 3.8) is 0 Å². The van der Waals surface area contributed by atoms with Crippen LogP contribution >= 0.6 is 0 Å². The average molecular weight is 242 g/mol. The highest BCUT2D eigenvalue weighted by atomic mass is 16.2. The van der Waals surface area contributed by atoms with E-state index in [1.54, 1.807) is 0 Å². The van der Waals surface area contributed by atoms with Crippen LogP contribution in [-0.4, -0.2) is 80.0 Å². The minimum atomic E-state index is -0.151. The first-order valence-corrected chi connectivity index (χ1v) is 6.33. The largest absolute Gasteiger partial charge is 0.337 e. The molecule has 1 amide bonds. The summed E-state index contributed by atoms with van der Waals surface area (Å²) in [5, 5.41) is 0. The summed E-state index contributed by atoms with van der Waals surface area (Å²) in [5.41, 5.74) is 5.72. The fourth-order valence-electron chi connectivity index (χ4n) is 2.22. The topological polar surface area (TPSA) is 52.8 Å². The van der Waals surface area contributed by atoms with Crippen molar-refractivity contribution >= 4 is 5.91 Å². The van der Waals surface area contributed by atoms with Crippen LogP contribution in [0.15, 0.2) is 0 Å². The van der Waals surface area contributed by atoms with Gasteiger partial charge in [0.2, 0.25) is 5.91 Å². The molecule has 0 aromatic rings. The van der Waals surface area contributed by atoms with Gasteiger partial charge in [-0.25, -0.2) is 0 Å². The first-order valence-electron chi connectivity index (χ1n) is 6.33. The van der Waals surface area contributed by atoms with Crippen molar-refractivity contribution < 1.29 is 4.79 Å². The summed E-state index contributed by atoms with van der Waals surface area (Å²) in [7, 11) is 6.04. The molecule has 1 rings (SSSR count). The number of carbonyl (C=O) groups is 1. The number of nitrogens with zero attached hydrogens (tertiary/aromatic N) is 3. The van der Waals surface area contributed by atoms with Gasteiger partial charge in [0.05, 0.1) is 0 Å². The zero-order valence-electron chi connectivity index (χ0n) is 11.5. The molecule has 1 heterocycles. The molecular weight excluding hydrogens is 216 g/mol. The molecule has 1 aliphatic heterocycles. The highest BCUT2D eigenvalue weighted by Gasteiger charge is 2.32. The molecule has 0 saturated carbocycles. The van der Waals surface area contributed by atoms with E-state index in [2.05, 4.69) is 16.7 Å². The van der Waals surface area contributed by atoms with Gasteiger partial charge < -0.3 is 15.5 Å². The maximum atomic E-state index is 12.4. The molecule has 17 heavy (non-hydrogen) atoms. The van der Waals surface area contributed by atoms with Crippen molar-refractivity contribution in [1.82, 2.24) is 14.7 Å².